The maximum absolute atomic E-state index is 11.4. The molecule has 0 unspecified atom stereocenters. The van der Waals surface area contributed by atoms with Crippen molar-refractivity contribution in [3.05, 3.63) is 59.0 Å². The summed E-state index contributed by atoms with van der Waals surface area (Å²) in [6.45, 7) is 0.496. The zero-order valence-corrected chi connectivity index (χ0v) is 13.4. The Labute approximate surface area is 142 Å². The van der Waals surface area contributed by atoms with Gasteiger partial charge in [0.05, 0.1) is 11.6 Å². The van der Waals surface area contributed by atoms with Crippen molar-refractivity contribution in [3.8, 4) is 17.6 Å². The Morgan fingerprint density at radius 2 is 1.79 bits per heavy atom. The summed E-state index contributed by atoms with van der Waals surface area (Å²) in [5.74, 6) is 0.0111. The van der Waals surface area contributed by atoms with Gasteiger partial charge in [0.25, 0.3) is 0 Å². The van der Waals surface area contributed by atoms with Crippen molar-refractivity contribution < 1.29 is 19.4 Å². The van der Waals surface area contributed by atoms with Crippen LogP contribution in [-0.4, -0.2) is 24.3 Å². The molecule has 0 atom stereocenters. The number of thiophene rings is 1. The standard InChI is InChI=1S/C18H13NO4S/c19-11-12-5-7-13(8-6-12)22-9-10-23-16-14-3-1-2-4-15(14)24-17(16)18(20)21/h1-8H,9-10H2,(H,20,21). The Morgan fingerprint density at radius 3 is 2.50 bits per heavy atom. The molecule has 0 aliphatic rings. The first-order valence-corrected chi connectivity index (χ1v) is 8.01. The fourth-order valence-corrected chi connectivity index (χ4v) is 3.22. The van der Waals surface area contributed by atoms with Gasteiger partial charge >= 0.3 is 5.97 Å². The van der Waals surface area contributed by atoms with E-state index in [0.717, 1.165) is 10.1 Å². The van der Waals surface area contributed by atoms with E-state index in [-0.39, 0.29) is 18.1 Å². The number of carbonyl (C=O) groups is 1. The minimum atomic E-state index is -1.00. The lowest BCUT2D eigenvalue weighted by molar-refractivity contribution is 0.0697. The third-order valence-corrected chi connectivity index (χ3v) is 4.47. The van der Waals surface area contributed by atoms with E-state index in [2.05, 4.69) is 0 Å². The lowest BCUT2D eigenvalue weighted by atomic mass is 10.2. The van der Waals surface area contributed by atoms with E-state index >= 15 is 0 Å². The quantitative estimate of drug-likeness (QED) is 0.688. The fourth-order valence-electron chi connectivity index (χ4n) is 2.23. The lowest BCUT2D eigenvalue weighted by Crippen LogP contribution is -2.10. The minimum absolute atomic E-state index is 0.189. The zero-order valence-electron chi connectivity index (χ0n) is 12.6. The van der Waals surface area contributed by atoms with Crippen molar-refractivity contribution in [3.63, 3.8) is 0 Å². The molecule has 0 spiro atoms. The molecule has 0 bridgehead atoms. The molecule has 0 amide bonds. The van der Waals surface area contributed by atoms with Gasteiger partial charge in [-0.05, 0) is 36.4 Å². The van der Waals surface area contributed by atoms with Crippen LogP contribution in [0.25, 0.3) is 10.1 Å². The molecule has 24 heavy (non-hydrogen) atoms. The summed E-state index contributed by atoms with van der Waals surface area (Å²) in [4.78, 5) is 11.6. The van der Waals surface area contributed by atoms with E-state index in [9.17, 15) is 9.90 Å². The van der Waals surface area contributed by atoms with Gasteiger partial charge in [0.1, 0.15) is 19.0 Å². The number of carboxylic acid groups (broad SMARTS) is 1. The van der Waals surface area contributed by atoms with Crippen molar-refractivity contribution in [1.29, 1.82) is 5.26 Å². The second kappa shape index (κ2) is 7.02. The third-order valence-electron chi connectivity index (χ3n) is 3.33. The van der Waals surface area contributed by atoms with Gasteiger partial charge in [-0.15, -0.1) is 11.3 Å². The Bertz CT molecular complexity index is 909. The van der Waals surface area contributed by atoms with E-state index in [0.29, 0.717) is 17.1 Å². The van der Waals surface area contributed by atoms with E-state index in [4.69, 9.17) is 14.7 Å². The second-order valence-electron chi connectivity index (χ2n) is 4.89. The molecular formula is C18H13NO4S. The van der Waals surface area contributed by atoms with Crippen LogP contribution in [0, 0.1) is 11.3 Å². The first kappa shape index (κ1) is 15.8. The van der Waals surface area contributed by atoms with Crippen LogP contribution in [0.15, 0.2) is 48.5 Å². The summed E-state index contributed by atoms with van der Waals surface area (Å²) in [5, 5.41) is 18.9. The molecule has 6 heteroatoms. The van der Waals surface area contributed by atoms with E-state index < -0.39 is 5.97 Å². The molecule has 3 rings (SSSR count). The average Bonchev–Trinajstić information content (AvgIpc) is 2.98. The van der Waals surface area contributed by atoms with E-state index in [1.165, 1.54) is 11.3 Å². The smallest absolute Gasteiger partial charge is 0.349 e. The van der Waals surface area contributed by atoms with Crippen LogP contribution in [0.3, 0.4) is 0 Å². The number of nitriles is 1. The number of hydrogen-bond donors (Lipinski definition) is 1. The van der Waals surface area contributed by atoms with Crippen molar-refractivity contribution in [2.75, 3.05) is 13.2 Å². The van der Waals surface area contributed by atoms with Crippen LogP contribution >= 0.6 is 11.3 Å². The number of fused-ring (bicyclic) bond motifs is 1. The van der Waals surface area contributed by atoms with Gasteiger partial charge in [-0.2, -0.15) is 5.26 Å². The highest BCUT2D eigenvalue weighted by Gasteiger charge is 2.18. The number of benzene rings is 2. The fraction of sp³-hybridized carbons (Fsp3) is 0.111. The topological polar surface area (TPSA) is 79.5 Å². The molecule has 0 saturated carbocycles. The molecule has 2 aromatic carbocycles. The highest BCUT2D eigenvalue weighted by Crippen LogP contribution is 2.37. The van der Waals surface area contributed by atoms with E-state index in [1.807, 2.05) is 30.3 Å². The minimum Gasteiger partial charge on any atom is -0.490 e. The predicted molar refractivity (Wildman–Crippen MR) is 90.9 cm³/mol. The lowest BCUT2D eigenvalue weighted by Gasteiger charge is -2.08. The summed E-state index contributed by atoms with van der Waals surface area (Å²) >= 11 is 1.19. The van der Waals surface area contributed by atoms with Crippen molar-refractivity contribution >= 4 is 27.4 Å². The SMILES string of the molecule is N#Cc1ccc(OCCOc2c(C(=O)O)sc3ccccc23)cc1. The summed E-state index contributed by atoms with van der Waals surface area (Å²) in [5.41, 5.74) is 0.564. The highest BCUT2D eigenvalue weighted by molar-refractivity contribution is 7.21. The van der Waals surface area contributed by atoms with Crippen LogP contribution in [0.4, 0.5) is 0 Å². The molecule has 0 radical (unpaired) electrons. The molecule has 5 nitrogen and oxygen atoms in total. The summed E-state index contributed by atoms with van der Waals surface area (Å²) in [7, 11) is 0. The average molecular weight is 339 g/mol. The summed E-state index contributed by atoms with van der Waals surface area (Å²) in [6, 6.07) is 16.2. The van der Waals surface area contributed by atoms with Gasteiger partial charge < -0.3 is 14.6 Å². The van der Waals surface area contributed by atoms with Crippen LogP contribution in [0.5, 0.6) is 11.5 Å². The molecular weight excluding hydrogens is 326 g/mol. The van der Waals surface area contributed by atoms with Gasteiger partial charge in [-0.25, -0.2) is 4.79 Å². The second-order valence-corrected chi connectivity index (χ2v) is 5.95. The van der Waals surface area contributed by atoms with Crippen molar-refractivity contribution in [1.82, 2.24) is 0 Å². The Hall–Kier alpha value is -3.04. The van der Waals surface area contributed by atoms with Crippen LogP contribution in [-0.2, 0) is 0 Å². The van der Waals surface area contributed by atoms with Crippen molar-refractivity contribution in [2.24, 2.45) is 0 Å². The molecule has 1 aromatic heterocycles. The van der Waals surface area contributed by atoms with Crippen LogP contribution < -0.4 is 9.47 Å². The predicted octanol–water partition coefficient (Wildman–Crippen LogP) is 3.93. The molecule has 1 N–H and O–H groups in total. The molecule has 0 aliphatic heterocycles. The van der Waals surface area contributed by atoms with Gasteiger partial charge in [0.2, 0.25) is 0 Å². The number of carboxylic acids is 1. The Balaban J connectivity index is 1.66. The molecule has 0 saturated heterocycles. The number of ether oxygens (including phenoxy) is 2. The number of nitrogens with zero attached hydrogens (tertiary/aromatic N) is 1. The van der Waals surface area contributed by atoms with Gasteiger partial charge in [-0.3, -0.25) is 0 Å². The number of aromatic carboxylic acids is 1. The van der Waals surface area contributed by atoms with Crippen molar-refractivity contribution in [2.45, 2.75) is 0 Å². The van der Waals surface area contributed by atoms with E-state index in [1.54, 1.807) is 24.3 Å². The molecule has 3 aromatic rings. The Morgan fingerprint density at radius 1 is 1.08 bits per heavy atom. The third kappa shape index (κ3) is 3.31. The van der Waals surface area contributed by atoms with Crippen LogP contribution in [0.1, 0.15) is 15.2 Å². The molecule has 0 fully saturated rings. The summed E-state index contributed by atoms with van der Waals surface area (Å²) in [6.07, 6.45) is 0. The number of rotatable bonds is 6. The summed E-state index contributed by atoms with van der Waals surface area (Å²) < 4.78 is 12.1. The Kier molecular flexibility index (Phi) is 4.64. The first-order chi connectivity index (χ1) is 11.7. The molecule has 0 aliphatic carbocycles. The maximum Gasteiger partial charge on any atom is 0.349 e. The van der Waals surface area contributed by atoms with Gasteiger partial charge in [0, 0.05) is 10.1 Å². The molecule has 1 heterocycles. The van der Waals surface area contributed by atoms with Gasteiger partial charge in [-0.1, -0.05) is 12.1 Å². The number of hydrogen-bond acceptors (Lipinski definition) is 5. The first-order valence-electron chi connectivity index (χ1n) is 7.19. The molecule has 120 valence electrons. The maximum atomic E-state index is 11.4. The highest BCUT2D eigenvalue weighted by atomic mass is 32.1. The monoisotopic (exact) mass is 339 g/mol. The largest absolute Gasteiger partial charge is 0.490 e. The normalized spacial score (nSPS) is 10.3. The van der Waals surface area contributed by atoms with Crippen LogP contribution in [0.2, 0.25) is 0 Å². The zero-order chi connectivity index (χ0) is 16.9. The van der Waals surface area contributed by atoms with Gasteiger partial charge in [0.15, 0.2) is 10.6 Å².